The summed E-state index contributed by atoms with van der Waals surface area (Å²) in [5.41, 5.74) is 0.696. The zero-order valence-electron chi connectivity index (χ0n) is 35.1. The van der Waals surface area contributed by atoms with E-state index in [0.29, 0.717) is 30.1 Å². The third-order valence-electron chi connectivity index (χ3n) is 9.72. The van der Waals surface area contributed by atoms with E-state index < -0.39 is 66.7 Å². The van der Waals surface area contributed by atoms with Crippen molar-refractivity contribution in [3.05, 3.63) is 84.4 Å². The fourth-order valence-electron chi connectivity index (χ4n) is 6.70. The SMILES string of the molecule is CCOC(=O)[C@@H](C)OP(=O)(COCCOc1ccc(C[C@H](NC(=O)O[C@H]2CO[C@H]3OCC[C@H]32)[C@H](O)CN(CC(C)C)S(=O)(=O)c2ccc(OC)cc2)cc1)Oc1ccccc1. The fraction of sp³-hybridized carbons (Fsp3) is 0.524. The predicted octanol–water partition coefficient (Wildman–Crippen LogP) is 5.39. The van der Waals surface area contributed by atoms with Gasteiger partial charge in [-0.1, -0.05) is 44.2 Å². The van der Waals surface area contributed by atoms with Gasteiger partial charge in [0.2, 0.25) is 10.0 Å². The number of rotatable bonds is 24. The van der Waals surface area contributed by atoms with Gasteiger partial charge < -0.3 is 48.1 Å². The molecule has 19 heteroatoms. The van der Waals surface area contributed by atoms with Crippen LogP contribution in [-0.2, 0) is 54.0 Å². The predicted molar refractivity (Wildman–Crippen MR) is 222 cm³/mol. The number of aliphatic hydroxyl groups excluding tert-OH is 1. The third kappa shape index (κ3) is 14.1. The number of amides is 1. The Bertz CT molecular complexity index is 1990. The molecule has 0 spiro atoms. The van der Waals surface area contributed by atoms with E-state index in [1.807, 2.05) is 13.8 Å². The summed E-state index contributed by atoms with van der Waals surface area (Å²) in [7, 11) is -6.55. The first-order chi connectivity index (χ1) is 29.2. The number of hydrogen-bond donors (Lipinski definition) is 2. The number of carbonyl (C=O) groups is 2. The average Bonchev–Trinajstić information content (AvgIpc) is 3.86. The van der Waals surface area contributed by atoms with Crippen LogP contribution >= 0.6 is 7.60 Å². The Morgan fingerprint density at radius 2 is 1.64 bits per heavy atom. The van der Waals surface area contributed by atoms with Crippen molar-refractivity contribution in [1.29, 1.82) is 0 Å². The molecule has 336 valence electrons. The number of nitrogens with zero attached hydrogens (tertiary/aromatic N) is 1. The van der Waals surface area contributed by atoms with Crippen LogP contribution in [0.4, 0.5) is 4.79 Å². The summed E-state index contributed by atoms with van der Waals surface area (Å²) in [4.78, 5) is 25.6. The van der Waals surface area contributed by atoms with Crippen LogP contribution in [0.25, 0.3) is 0 Å². The van der Waals surface area contributed by atoms with Gasteiger partial charge in [0.1, 0.15) is 30.0 Å². The number of para-hydroxylation sites is 1. The zero-order valence-corrected chi connectivity index (χ0v) is 36.8. The zero-order chi connectivity index (χ0) is 44.0. The van der Waals surface area contributed by atoms with Crippen LogP contribution in [0.3, 0.4) is 0 Å². The van der Waals surface area contributed by atoms with Gasteiger partial charge in [0.25, 0.3) is 0 Å². The van der Waals surface area contributed by atoms with Crippen molar-refractivity contribution >= 4 is 29.7 Å². The summed E-state index contributed by atoms with van der Waals surface area (Å²) in [6.07, 6.45) is -3.97. The summed E-state index contributed by atoms with van der Waals surface area (Å²) in [5, 5.41) is 14.5. The van der Waals surface area contributed by atoms with Crippen molar-refractivity contribution in [2.24, 2.45) is 11.8 Å². The number of aliphatic hydroxyl groups is 1. The van der Waals surface area contributed by atoms with Crippen LogP contribution in [0.5, 0.6) is 17.2 Å². The summed E-state index contributed by atoms with van der Waals surface area (Å²) in [6, 6.07) is 20.3. The van der Waals surface area contributed by atoms with Crippen LogP contribution < -0.4 is 19.3 Å². The first-order valence-corrected chi connectivity index (χ1v) is 23.4. The largest absolute Gasteiger partial charge is 0.497 e. The molecule has 3 aromatic rings. The molecule has 2 aliphatic rings. The number of fused-ring (bicyclic) bond motifs is 1. The number of esters is 1. The normalized spacial score (nSPS) is 20.0. The van der Waals surface area contributed by atoms with Crippen molar-refractivity contribution in [3.8, 4) is 17.2 Å². The second kappa shape index (κ2) is 22.7. The molecule has 2 aliphatic heterocycles. The number of sulfonamides is 1. The molecule has 61 heavy (non-hydrogen) atoms. The summed E-state index contributed by atoms with van der Waals surface area (Å²) >= 11 is 0. The van der Waals surface area contributed by atoms with Gasteiger partial charge in [0.05, 0.1) is 56.5 Å². The van der Waals surface area contributed by atoms with Gasteiger partial charge in [-0.15, -0.1) is 0 Å². The number of alkyl carbamates (subject to hydrolysis) is 1. The molecule has 1 unspecified atom stereocenters. The van der Waals surface area contributed by atoms with E-state index in [0.717, 1.165) is 0 Å². The quantitative estimate of drug-likeness (QED) is 0.0657. The summed E-state index contributed by atoms with van der Waals surface area (Å²) in [6.45, 7) is 7.45. The van der Waals surface area contributed by atoms with Crippen molar-refractivity contribution in [1.82, 2.24) is 9.62 Å². The van der Waals surface area contributed by atoms with Gasteiger partial charge in [0.15, 0.2) is 18.7 Å². The highest BCUT2D eigenvalue weighted by atomic mass is 32.2. The van der Waals surface area contributed by atoms with E-state index in [1.54, 1.807) is 73.7 Å². The maximum Gasteiger partial charge on any atom is 0.407 e. The Morgan fingerprint density at radius 1 is 0.934 bits per heavy atom. The van der Waals surface area contributed by atoms with Crippen molar-refractivity contribution in [2.45, 2.75) is 76.1 Å². The third-order valence-corrected chi connectivity index (χ3v) is 13.2. The second-order valence-corrected chi connectivity index (χ2v) is 18.7. The van der Waals surface area contributed by atoms with Crippen LogP contribution in [-0.4, -0.2) is 120 Å². The molecule has 5 rings (SSSR count). The number of ether oxygens (including phenoxy) is 7. The minimum Gasteiger partial charge on any atom is -0.497 e. The Kier molecular flexibility index (Phi) is 17.8. The Hall–Kier alpha value is -4.26. The molecule has 0 bridgehead atoms. The fourth-order valence-corrected chi connectivity index (χ4v) is 9.84. The monoisotopic (exact) mass is 892 g/mol. The molecule has 2 saturated heterocycles. The maximum atomic E-state index is 13.9. The lowest BCUT2D eigenvalue weighted by atomic mass is 10.0. The molecule has 2 fully saturated rings. The highest BCUT2D eigenvalue weighted by Crippen LogP contribution is 2.49. The van der Waals surface area contributed by atoms with Gasteiger partial charge in [0, 0.05) is 13.1 Å². The Morgan fingerprint density at radius 3 is 2.31 bits per heavy atom. The van der Waals surface area contributed by atoms with E-state index in [2.05, 4.69) is 5.32 Å². The molecule has 0 radical (unpaired) electrons. The van der Waals surface area contributed by atoms with Crippen LogP contribution in [0.15, 0.2) is 83.8 Å². The average molecular weight is 893 g/mol. The van der Waals surface area contributed by atoms with Gasteiger partial charge in [-0.2, -0.15) is 4.31 Å². The molecule has 3 aromatic carbocycles. The number of nitrogens with one attached hydrogen (secondary N) is 1. The Labute approximate surface area is 357 Å². The van der Waals surface area contributed by atoms with E-state index in [-0.39, 0.29) is 68.4 Å². The minimum absolute atomic E-state index is 0.00654. The van der Waals surface area contributed by atoms with E-state index in [4.69, 9.17) is 42.2 Å². The molecule has 2 heterocycles. The van der Waals surface area contributed by atoms with Gasteiger partial charge >= 0.3 is 19.7 Å². The molecule has 0 aliphatic carbocycles. The lowest BCUT2D eigenvalue weighted by molar-refractivity contribution is -0.150. The van der Waals surface area contributed by atoms with E-state index in [9.17, 15) is 27.7 Å². The molecule has 17 nitrogen and oxygen atoms in total. The van der Waals surface area contributed by atoms with Gasteiger partial charge in [-0.05, 0) is 86.7 Å². The smallest absolute Gasteiger partial charge is 0.407 e. The van der Waals surface area contributed by atoms with Crippen molar-refractivity contribution in [2.75, 3.05) is 59.6 Å². The van der Waals surface area contributed by atoms with Gasteiger partial charge in [-0.3, -0.25) is 4.52 Å². The van der Waals surface area contributed by atoms with Crippen LogP contribution in [0.2, 0.25) is 0 Å². The molecule has 7 atom stereocenters. The number of carbonyl (C=O) groups excluding carboxylic acids is 2. The first-order valence-electron chi connectivity index (χ1n) is 20.2. The highest BCUT2D eigenvalue weighted by Gasteiger charge is 2.44. The first kappa shape index (κ1) is 47.8. The number of benzene rings is 3. The molecular formula is C42H57N2O15PS. The highest BCUT2D eigenvalue weighted by molar-refractivity contribution is 7.89. The number of hydrogen-bond acceptors (Lipinski definition) is 15. The van der Waals surface area contributed by atoms with E-state index in [1.165, 1.54) is 30.5 Å². The molecule has 0 aromatic heterocycles. The molecule has 2 N–H and O–H groups in total. The Balaban J connectivity index is 1.22. The lowest BCUT2D eigenvalue weighted by Crippen LogP contribution is -2.51. The number of methoxy groups -OCH3 is 1. The van der Waals surface area contributed by atoms with E-state index >= 15 is 0 Å². The molecule has 0 saturated carbocycles. The molecule has 1 amide bonds. The van der Waals surface area contributed by atoms with Crippen LogP contribution in [0.1, 0.15) is 39.7 Å². The summed E-state index contributed by atoms with van der Waals surface area (Å²) < 4.78 is 92.4. The second-order valence-electron chi connectivity index (χ2n) is 14.9. The minimum atomic E-state index is -4.06. The maximum absolute atomic E-state index is 13.9. The lowest BCUT2D eigenvalue weighted by Gasteiger charge is -2.31. The van der Waals surface area contributed by atoms with Gasteiger partial charge in [-0.25, -0.2) is 22.6 Å². The topological polar surface area (TPSA) is 204 Å². The molecular weight excluding hydrogens is 836 g/mol. The van der Waals surface area contributed by atoms with Crippen molar-refractivity contribution < 1.29 is 69.9 Å². The standard InChI is InChI=1S/C42H57N2O15PS/c1-6-53-40(46)30(4)58-60(48,59-34-10-8-7-9-11-34)28-52-22-23-54-33-14-12-31(13-15-33)24-37(43-42(47)57-39-27-56-41-36(39)20-21-55-41)38(45)26-44(25-29(2)3)61(49,50)35-18-16-32(51-5)17-19-35/h7-19,29-30,36-39,41,45H,6,20-28H2,1-5H3,(H,43,47)/t30-,36+,37+,38-,39+,41-,60?/m1/s1. The van der Waals surface area contributed by atoms with Crippen molar-refractivity contribution in [3.63, 3.8) is 0 Å². The van der Waals surface area contributed by atoms with Crippen LogP contribution in [0, 0.1) is 11.8 Å². The summed E-state index contributed by atoms with van der Waals surface area (Å²) in [5.74, 6) is 0.357.